The number of nitriles is 1. The summed E-state index contributed by atoms with van der Waals surface area (Å²) in [6.07, 6.45) is -2.86. The maximum absolute atomic E-state index is 12.9. The van der Waals surface area contributed by atoms with Crippen LogP contribution in [-0.4, -0.2) is 40.6 Å². The van der Waals surface area contributed by atoms with Crippen LogP contribution < -0.4 is 5.32 Å². The van der Waals surface area contributed by atoms with Crippen molar-refractivity contribution in [3.05, 3.63) is 23.9 Å². The molecule has 1 aliphatic heterocycles. The van der Waals surface area contributed by atoms with Crippen LogP contribution in [0.4, 0.5) is 19.0 Å². The summed E-state index contributed by atoms with van der Waals surface area (Å²) < 4.78 is 38.8. The van der Waals surface area contributed by atoms with Gasteiger partial charge in [0.2, 0.25) is 5.91 Å². The summed E-state index contributed by atoms with van der Waals surface area (Å²) in [7, 11) is 0. The number of nitrogens with zero attached hydrogens (tertiary/aromatic N) is 3. The van der Waals surface area contributed by atoms with Gasteiger partial charge in [-0.25, -0.2) is 4.98 Å². The predicted octanol–water partition coefficient (Wildman–Crippen LogP) is 2.31. The first-order valence-electron chi connectivity index (χ1n) is 6.78. The van der Waals surface area contributed by atoms with E-state index in [9.17, 15) is 18.0 Å². The second-order valence-corrected chi connectivity index (χ2v) is 5.19. The molecular weight excluding hydrogens is 297 g/mol. The first-order chi connectivity index (χ1) is 10.3. The Morgan fingerprint density at radius 1 is 1.50 bits per heavy atom. The second-order valence-electron chi connectivity index (χ2n) is 5.19. The fraction of sp³-hybridized carbons (Fsp3) is 0.500. The molecule has 0 bridgehead atoms. The SMILES string of the molecule is CC(=O)N1CC(Nc2cc(C#N)ccn2)CCC1C(F)(F)F. The van der Waals surface area contributed by atoms with Crippen molar-refractivity contribution in [2.24, 2.45) is 0 Å². The zero-order chi connectivity index (χ0) is 16.3. The van der Waals surface area contributed by atoms with Crippen LogP contribution in [0.2, 0.25) is 0 Å². The van der Waals surface area contributed by atoms with E-state index in [-0.39, 0.29) is 25.4 Å². The lowest BCUT2D eigenvalue weighted by Crippen LogP contribution is -2.55. The summed E-state index contributed by atoms with van der Waals surface area (Å²) in [6.45, 7) is 1.09. The Balaban J connectivity index is 2.09. The average Bonchev–Trinajstić information content (AvgIpc) is 2.46. The third-order valence-electron chi connectivity index (χ3n) is 3.61. The topological polar surface area (TPSA) is 69.0 Å². The number of piperidine rings is 1. The zero-order valence-electron chi connectivity index (χ0n) is 11.9. The monoisotopic (exact) mass is 312 g/mol. The molecule has 0 saturated carbocycles. The molecule has 8 heteroatoms. The van der Waals surface area contributed by atoms with E-state index in [2.05, 4.69) is 10.3 Å². The van der Waals surface area contributed by atoms with Gasteiger partial charge in [0.05, 0.1) is 11.6 Å². The number of rotatable bonds is 2. The van der Waals surface area contributed by atoms with E-state index in [1.807, 2.05) is 6.07 Å². The Bertz CT molecular complexity index is 596. The Morgan fingerprint density at radius 3 is 2.82 bits per heavy atom. The van der Waals surface area contributed by atoms with Gasteiger partial charge in [0.25, 0.3) is 0 Å². The highest BCUT2D eigenvalue weighted by molar-refractivity contribution is 5.74. The number of likely N-dealkylation sites (tertiary alicyclic amines) is 1. The first kappa shape index (κ1) is 16.1. The Kier molecular flexibility index (Phi) is 4.54. The number of nitrogens with one attached hydrogen (secondary N) is 1. The standard InChI is InChI=1S/C14H15F3N4O/c1-9(22)21-8-11(2-3-12(21)14(15,16)17)20-13-6-10(7-18)4-5-19-13/h4-6,11-12H,2-3,8H2,1H3,(H,19,20). The van der Waals surface area contributed by atoms with E-state index in [0.717, 1.165) is 11.8 Å². The lowest BCUT2D eigenvalue weighted by atomic mass is 9.97. The molecule has 0 aliphatic carbocycles. The highest BCUT2D eigenvalue weighted by Crippen LogP contribution is 2.32. The van der Waals surface area contributed by atoms with Crippen molar-refractivity contribution in [1.29, 1.82) is 5.26 Å². The molecular formula is C14H15F3N4O. The van der Waals surface area contributed by atoms with Crippen LogP contribution in [0.5, 0.6) is 0 Å². The minimum Gasteiger partial charge on any atom is -0.366 e. The number of aromatic nitrogens is 1. The highest BCUT2D eigenvalue weighted by Gasteiger charge is 2.47. The van der Waals surface area contributed by atoms with Crippen LogP contribution in [-0.2, 0) is 4.79 Å². The molecule has 1 aromatic rings. The van der Waals surface area contributed by atoms with Crippen molar-refractivity contribution in [3.63, 3.8) is 0 Å². The Hall–Kier alpha value is -2.30. The zero-order valence-corrected chi connectivity index (χ0v) is 11.9. The van der Waals surface area contributed by atoms with Gasteiger partial charge in [-0.05, 0) is 25.0 Å². The van der Waals surface area contributed by atoms with E-state index in [4.69, 9.17) is 5.26 Å². The van der Waals surface area contributed by atoms with E-state index in [0.29, 0.717) is 11.4 Å². The first-order valence-corrected chi connectivity index (χ1v) is 6.78. The van der Waals surface area contributed by atoms with Crippen LogP contribution in [0, 0.1) is 11.3 Å². The molecule has 0 aromatic carbocycles. The van der Waals surface area contributed by atoms with Crippen LogP contribution in [0.25, 0.3) is 0 Å². The molecule has 0 radical (unpaired) electrons. The summed E-state index contributed by atoms with van der Waals surface area (Å²) in [4.78, 5) is 16.4. The van der Waals surface area contributed by atoms with Gasteiger partial charge >= 0.3 is 6.18 Å². The van der Waals surface area contributed by atoms with E-state index in [1.54, 1.807) is 0 Å². The smallest absolute Gasteiger partial charge is 0.366 e. The van der Waals surface area contributed by atoms with Crippen LogP contribution >= 0.6 is 0 Å². The third kappa shape index (κ3) is 3.67. The predicted molar refractivity (Wildman–Crippen MR) is 72.8 cm³/mol. The summed E-state index contributed by atoms with van der Waals surface area (Å²) in [5, 5.41) is 11.8. The number of pyridine rings is 1. The molecule has 2 unspecified atom stereocenters. The van der Waals surface area contributed by atoms with Crippen molar-refractivity contribution in [2.75, 3.05) is 11.9 Å². The summed E-state index contributed by atoms with van der Waals surface area (Å²) in [5.74, 6) is -0.189. The van der Waals surface area contributed by atoms with Crippen LogP contribution in [0.1, 0.15) is 25.3 Å². The van der Waals surface area contributed by atoms with Gasteiger partial charge in [0, 0.05) is 25.7 Å². The highest BCUT2D eigenvalue weighted by atomic mass is 19.4. The Morgan fingerprint density at radius 2 is 2.23 bits per heavy atom. The Labute approximate surface area is 125 Å². The number of hydrogen-bond acceptors (Lipinski definition) is 4. The summed E-state index contributed by atoms with van der Waals surface area (Å²) >= 11 is 0. The van der Waals surface area contributed by atoms with Crippen molar-refractivity contribution in [3.8, 4) is 6.07 Å². The molecule has 1 aromatic heterocycles. The number of alkyl halides is 3. The fourth-order valence-corrected chi connectivity index (χ4v) is 2.57. The van der Waals surface area contributed by atoms with Crippen molar-refractivity contribution in [2.45, 2.75) is 38.0 Å². The van der Waals surface area contributed by atoms with Gasteiger partial charge in [-0.2, -0.15) is 18.4 Å². The quantitative estimate of drug-likeness (QED) is 0.910. The number of anilines is 1. The van der Waals surface area contributed by atoms with Gasteiger partial charge in [-0.3, -0.25) is 4.79 Å². The van der Waals surface area contributed by atoms with Crippen molar-refractivity contribution >= 4 is 11.7 Å². The molecule has 1 saturated heterocycles. The van der Waals surface area contributed by atoms with E-state index >= 15 is 0 Å². The molecule has 1 fully saturated rings. The molecule has 2 atom stereocenters. The molecule has 1 amide bonds. The number of halogens is 3. The fourth-order valence-electron chi connectivity index (χ4n) is 2.57. The molecule has 2 heterocycles. The molecule has 1 N–H and O–H groups in total. The van der Waals surface area contributed by atoms with Gasteiger partial charge in [-0.15, -0.1) is 0 Å². The lowest BCUT2D eigenvalue weighted by molar-refractivity contribution is -0.195. The maximum atomic E-state index is 12.9. The third-order valence-corrected chi connectivity index (χ3v) is 3.61. The van der Waals surface area contributed by atoms with Gasteiger partial charge in [0.15, 0.2) is 0 Å². The molecule has 22 heavy (non-hydrogen) atoms. The minimum atomic E-state index is -4.42. The summed E-state index contributed by atoms with van der Waals surface area (Å²) in [6, 6.07) is 2.96. The van der Waals surface area contributed by atoms with E-state index in [1.165, 1.54) is 18.3 Å². The van der Waals surface area contributed by atoms with E-state index < -0.39 is 18.1 Å². The summed E-state index contributed by atoms with van der Waals surface area (Å²) in [5.41, 5.74) is 0.407. The van der Waals surface area contributed by atoms with Gasteiger partial charge < -0.3 is 10.2 Å². The number of amides is 1. The molecule has 0 spiro atoms. The van der Waals surface area contributed by atoms with Crippen LogP contribution in [0.3, 0.4) is 0 Å². The number of hydrogen-bond donors (Lipinski definition) is 1. The maximum Gasteiger partial charge on any atom is 0.408 e. The average molecular weight is 312 g/mol. The number of carbonyl (C=O) groups excluding carboxylic acids is 1. The largest absolute Gasteiger partial charge is 0.408 e. The van der Waals surface area contributed by atoms with Gasteiger partial charge in [-0.1, -0.05) is 0 Å². The molecule has 2 rings (SSSR count). The molecule has 1 aliphatic rings. The lowest BCUT2D eigenvalue weighted by Gasteiger charge is -2.40. The van der Waals surface area contributed by atoms with Crippen molar-refractivity contribution in [1.82, 2.24) is 9.88 Å². The molecule has 5 nitrogen and oxygen atoms in total. The minimum absolute atomic E-state index is 0.0437. The second kappa shape index (κ2) is 6.22. The van der Waals surface area contributed by atoms with Crippen LogP contribution in [0.15, 0.2) is 18.3 Å². The number of carbonyl (C=O) groups is 1. The molecule has 118 valence electrons. The van der Waals surface area contributed by atoms with Crippen molar-refractivity contribution < 1.29 is 18.0 Å². The normalized spacial score (nSPS) is 22.0. The van der Waals surface area contributed by atoms with Gasteiger partial charge in [0.1, 0.15) is 11.9 Å².